The fourth-order valence-electron chi connectivity index (χ4n) is 4.61. The van der Waals surface area contributed by atoms with Crippen molar-refractivity contribution in [2.45, 2.75) is 71.4 Å². The van der Waals surface area contributed by atoms with Crippen molar-refractivity contribution >= 4 is 0 Å². The number of nitrogens with two attached hydrogens (primary N) is 1. The lowest BCUT2D eigenvalue weighted by Crippen LogP contribution is -2.49. The van der Waals surface area contributed by atoms with Gasteiger partial charge in [0.1, 0.15) is 0 Å². The molecule has 2 aliphatic carbocycles. The Hall–Kier alpha value is -0.0800. The van der Waals surface area contributed by atoms with Gasteiger partial charge in [-0.15, -0.1) is 0 Å². The first-order chi connectivity index (χ1) is 8.44. The molecule has 18 heavy (non-hydrogen) atoms. The van der Waals surface area contributed by atoms with E-state index in [9.17, 15) is 0 Å². The van der Waals surface area contributed by atoms with Gasteiger partial charge in [0.05, 0.1) is 0 Å². The largest absolute Gasteiger partial charge is 0.330 e. The van der Waals surface area contributed by atoms with E-state index in [-0.39, 0.29) is 0 Å². The van der Waals surface area contributed by atoms with Gasteiger partial charge in [0.15, 0.2) is 0 Å². The average Bonchev–Trinajstić information content (AvgIpc) is 2.74. The van der Waals surface area contributed by atoms with Crippen molar-refractivity contribution in [2.24, 2.45) is 23.0 Å². The topological polar surface area (TPSA) is 29.3 Å². The van der Waals surface area contributed by atoms with Crippen molar-refractivity contribution in [3.8, 4) is 0 Å². The van der Waals surface area contributed by atoms with Gasteiger partial charge in [-0.05, 0) is 62.9 Å². The molecule has 0 aromatic carbocycles. The molecular formula is C16H32N2. The molecule has 2 heteroatoms. The molecule has 0 saturated heterocycles. The average molecular weight is 252 g/mol. The third-order valence-corrected chi connectivity index (χ3v) is 5.62. The molecule has 2 rings (SSSR count). The maximum atomic E-state index is 5.94. The summed E-state index contributed by atoms with van der Waals surface area (Å²) in [6.07, 6.45) is 8.22. The summed E-state index contributed by atoms with van der Waals surface area (Å²) in [6.45, 7) is 8.19. The van der Waals surface area contributed by atoms with Crippen LogP contribution in [0.25, 0.3) is 0 Å². The second-order valence-electron chi connectivity index (χ2n) is 7.61. The first-order valence-electron chi connectivity index (χ1n) is 7.86. The molecule has 0 heterocycles. The van der Waals surface area contributed by atoms with Crippen LogP contribution in [-0.4, -0.2) is 30.6 Å². The van der Waals surface area contributed by atoms with Crippen molar-refractivity contribution in [3.05, 3.63) is 0 Å². The fourth-order valence-corrected chi connectivity index (χ4v) is 4.61. The summed E-state index contributed by atoms with van der Waals surface area (Å²) in [5.41, 5.74) is 6.50. The molecule has 0 radical (unpaired) electrons. The first kappa shape index (κ1) is 14.3. The van der Waals surface area contributed by atoms with E-state index in [1.807, 2.05) is 0 Å². The van der Waals surface area contributed by atoms with E-state index in [1.54, 1.807) is 0 Å². The molecule has 0 aromatic heterocycles. The third kappa shape index (κ3) is 2.91. The summed E-state index contributed by atoms with van der Waals surface area (Å²) in [5, 5.41) is 0. The van der Waals surface area contributed by atoms with E-state index < -0.39 is 0 Å². The normalized spacial score (nSPS) is 40.3. The second kappa shape index (κ2) is 5.50. The molecule has 0 aromatic rings. The lowest BCUT2D eigenvalue weighted by Gasteiger charge is -2.46. The van der Waals surface area contributed by atoms with Crippen molar-refractivity contribution in [3.63, 3.8) is 0 Å². The van der Waals surface area contributed by atoms with Crippen LogP contribution in [0.5, 0.6) is 0 Å². The number of hydrogen-bond acceptors (Lipinski definition) is 2. The minimum absolute atomic E-state index is 0.555. The Bertz CT molecular complexity index is 274. The van der Waals surface area contributed by atoms with E-state index in [2.05, 4.69) is 32.7 Å². The van der Waals surface area contributed by atoms with E-state index in [0.717, 1.165) is 30.5 Å². The van der Waals surface area contributed by atoms with Crippen LogP contribution in [0.3, 0.4) is 0 Å². The molecule has 4 unspecified atom stereocenters. The van der Waals surface area contributed by atoms with Crippen LogP contribution in [0.4, 0.5) is 0 Å². The molecule has 106 valence electrons. The quantitative estimate of drug-likeness (QED) is 0.835. The summed E-state index contributed by atoms with van der Waals surface area (Å²) >= 11 is 0. The SMILES string of the molecule is CC1CC(C)(C)CCC1N(C)C1CCCC1CN. The summed E-state index contributed by atoms with van der Waals surface area (Å²) in [4.78, 5) is 2.70. The van der Waals surface area contributed by atoms with Gasteiger partial charge < -0.3 is 5.73 Å². The zero-order chi connectivity index (χ0) is 13.3. The van der Waals surface area contributed by atoms with Crippen LogP contribution in [0.2, 0.25) is 0 Å². The Balaban J connectivity index is 1.99. The smallest absolute Gasteiger partial charge is 0.0136 e. The number of hydrogen-bond donors (Lipinski definition) is 1. The van der Waals surface area contributed by atoms with Crippen LogP contribution in [0.15, 0.2) is 0 Å². The van der Waals surface area contributed by atoms with Gasteiger partial charge in [0.2, 0.25) is 0 Å². The molecule has 0 spiro atoms. The van der Waals surface area contributed by atoms with Crippen molar-refractivity contribution in [2.75, 3.05) is 13.6 Å². The Morgan fingerprint density at radius 1 is 1.17 bits per heavy atom. The Labute approximate surface area is 113 Å². The Kier molecular flexibility index (Phi) is 4.38. The summed E-state index contributed by atoms with van der Waals surface area (Å²) < 4.78 is 0. The summed E-state index contributed by atoms with van der Waals surface area (Å²) in [5.74, 6) is 1.58. The van der Waals surface area contributed by atoms with Gasteiger partial charge in [-0.1, -0.05) is 27.2 Å². The standard InChI is InChI=1S/C16H32N2/c1-12-10-16(2,3)9-8-14(12)18(4)15-7-5-6-13(15)11-17/h12-15H,5-11,17H2,1-4H3. The highest BCUT2D eigenvalue weighted by Gasteiger charge is 2.39. The minimum atomic E-state index is 0.555. The van der Waals surface area contributed by atoms with Crippen LogP contribution < -0.4 is 5.73 Å². The molecule has 2 nitrogen and oxygen atoms in total. The van der Waals surface area contributed by atoms with Gasteiger partial charge in [-0.25, -0.2) is 0 Å². The van der Waals surface area contributed by atoms with E-state index in [4.69, 9.17) is 5.73 Å². The van der Waals surface area contributed by atoms with Crippen LogP contribution in [-0.2, 0) is 0 Å². The van der Waals surface area contributed by atoms with Gasteiger partial charge in [0.25, 0.3) is 0 Å². The molecule has 2 aliphatic rings. The molecule has 2 saturated carbocycles. The van der Waals surface area contributed by atoms with Crippen molar-refractivity contribution in [1.82, 2.24) is 4.90 Å². The predicted molar refractivity (Wildman–Crippen MR) is 78.5 cm³/mol. The maximum Gasteiger partial charge on any atom is 0.0136 e. The van der Waals surface area contributed by atoms with Crippen molar-refractivity contribution in [1.29, 1.82) is 0 Å². The van der Waals surface area contributed by atoms with Gasteiger partial charge >= 0.3 is 0 Å². The third-order valence-electron chi connectivity index (χ3n) is 5.62. The van der Waals surface area contributed by atoms with E-state index in [0.29, 0.717) is 5.41 Å². The van der Waals surface area contributed by atoms with Gasteiger partial charge in [-0.3, -0.25) is 4.90 Å². The van der Waals surface area contributed by atoms with E-state index >= 15 is 0 Å². The summed E-state index contributed by atoms with van der Waals surface area (Å²) in [6, 6.07) is 1.54. The van der Waals surface area contributed by atoms with E-state index in [1.165, 1.54) is 38.5 Å². The zero-order valence-corrected chi connectivity index (χ0v) is 12.8. The molecule has 0 bridgehead atoms. The van der Waals surface area contributed by atoms with Crippen LogP contribution >= 0.6 is 0 Å². The lowest BCUT2D eigenvalue weighted by atomic mass is 9.70. The Morgan fingerprint density at radius 2 is 1.89 bits per heavy atom. The van der Waals surface area contributed by atoms with Crippen LogP contribution in [0, 0.1) is 17.3 Å². The highest BCUT2D eigenvalue weighted by molar-refractivity contribution is 4.93. The summed E-state index contributed by atoms with van der Waals surface area (Å²) in [7, 11) is 2.36. The number of rotatable bonds is 3. The van der Waals surface area contributed by atoms with Gasteiger partial charge in [0, 0.05) is 12.1 Å². The lowest BCUT2D eigenvalue weighted by molar-refractivity contribution is 0.0402. The highest BCUT2D eigenvalue weighted by atomic mass is 15.2. The van der Waals surface area contributed by atoms with Crippen molar-refractivity contribution < 1.29 is 0 Å². The number of nitrogens with zero attached hydrogens (tertiary/aromatic N) is 1. The molecule has 0 aliphatic heterocycles. The van der Waals surface area contributed by atoms with Gasteiger partial charge in [-0.2, -0.15) is 0 Å². The first-order valence-corrected chi connectivity index (χ1v) is 7.86. The highest BCUT2D eigenvalue weighted by Crippen LogP contribution is 2.42. The zero-order valence-electron chi connectivity index (χ0n) is 12.8. The predicted octanol–water partition coefficient (Wildman–Crippen LogP) is 3.26. The van der Waals surface area contributed by atoms with Crippen LogP contribution in [0.1, 0.15) is 59.3 Å². The minimum Gasteiger partial charge on any atom is -0.330 e. The molecule has 2 fully saturated rings. The molecule has 2 N–H and O–H groups in total. The molecule has 4 atom stereocenters. The fraction of sp³-hybridized carbons (Fsp3) is 1.00. The molecular weight excluding hydrogens is 220 g/mol. The molecule has 0 amide bonds. The second-order valence-corrected chi connectivity index (χ2v) is 7.61. The monoisotopic (exact) mass is 252 g/mol. The maximum absolute atomic E-state index is 5.94. The Morgan fingerprint density at radius 3 is 2.50 bits per heavy atom.